The van der Waals surface area contributed by atoms with E-state index in [-0.39, 0.29) is 31.6 Å². The third-order valence-corrected chi connectivity index (χ3v) is 14.3. The van der Waals surface area contributed by atoms with Crippen LogP contribution in [0, 0.1) is 0 Å². The Bertz CT molecular complexity index is 2990. The Balaban J connectivity index is 1.12. The van der Waals surface area contributed by atoms with Gasteiger partial charge in [-0.2, -0.15) is 13.2 Å². The SMILES string of the molecule is COc1cc2c3c(c4c(c2cc1N1CCCCC1)-c1ccc(-c2ccccc2C(F)(F)F)cc1C4(C)C)C=CC(c1ccc(OCCOC(=O)CCC(=O)O)cc1)(c1ccc(N2CCOCC2)cc1)O3. The van der Waals surface area contributed by atoms with Gasteiger partial charge in [0.2, 0.25) is 0 Å². The monoisotopic (exact) mass is 952 g/mol. The second-order valence-corrected chi connectivity index (χ2v) is 18.8. The number of carboxylic acid groups (broad SMARTS) is 1. The Morgan fingerprint density at radius 1 is 0.771 bits per heavy atom. The van der Waals surface area contributed by atoms with Crippen molar-refractivity contribution in [1.82, 2.24) is 0 Å². The molecule has 2 saturated heterocycles. The Hall–Kier alpha value is -6.99. The van der Waals surface area contributed by atoms with Crippen molar-refractivity contribution in [2.45, 2.75) is 63.1 Å². The van der Waals surface area contributed by atoms with E-state index in [1.165, 1.54) is 6.07 Å². The van der Waals surface area contributed by atoms with Gasteiger partial charge in [-0.15, -0.1) is 0 Å². The van der Waals surface area contributed by atoms with Crippen LogP contribution in [-0.2, 0) is 36.3 Å². The summed E-state index contributed by atoms with van der Waals surface area (Å²) < 4.78 is 74.1. The van der Waals surface area contributed by atoms with Crippen molar-refractivity contribution in [3.8, 4) is 39.5 Å². The molecule has 6 aromatic rings. The number of carbonyl (C=O) groups is 2. The molecule has 3 heterocycles. The summed E-state index contributed by atoms with van der Waals surface area (Å²) >= 11 is 0. The van der Waals surface area contributed by atoms with Crippen molar-refractivity contribution in [1.29, 1.82) is 0 Å². The van der Waals surface area contributed by atoms with Gasteiger partial charge in [0.05, 0.1) is 44.4 Å². The highest BCUT2D eigenvalue weighted by atomic mass is 19.4. The third-order valence-electron chi connectivity index (χ3n) is 14.3. The van der Waals surface area contributed by atoms with Crippen molar-refractivity contribution in [2.75, 3.05) is 69.5 Å². The van der Waals surface area contributed by atoms with Gasteiger partial charge in [0, 0.05) is 59.4 Å². The number of fused-ring (bicyclic) bond motifs is 8. The number of methoxy groups -OCH3 is 1. The van der Waals surface area contributed by atoms with Crippen LogP contribution < -0.4 is 24.0 Å². The summed E-state index contributed by atoms with van der Waals surface area (Å²) in [5.41, 5.74) is 6.72. The third kappa shape index (κ3) is 8.58. The number of halogens is 3. The number of rotatable bonds is 13. The predicted octanol–water partition coefficient (Wildman–Crippen LogP) is 11.8. The van der Waals surface area contributed by atoms with E-state index in [1.54, 1.807) is 19.2 Å². The van der Waals surface area contributed by atoms with Crippen LogP contribution in [0.15, 0.2) is 109 Å². The van der Waals surface area contributed by atoms with E-state index in [2.05, 4.69) is 72.2 Å². The van der Waals surface area contributed by atoms with Crippen LogP contribution in [-0.4, -0.2) is 76.8 Å². The fourth-order valence-corrected chi connectivity index (χ4v) is 10.8. The largest absolute Gasteiger partial charge is 0.495 e. The average molecular weight is 953 g/mol. The first-order valence-corrected chi connectivity index (χ1v) is 24.0. The van der Waals surface area contributed by atoms with Gasteiger partial charge in [0.1, 0.15) is 30.5 Å². The number of nitrogens with zero attached hydrogens (tertiary/aromatic N) is 2. The summed E-state index contributed by atoms with van der Waals surface area (Å²) in [7, 11) is 1.70. The number of anilines is 2. The highest BCUT2D eigenvalue weighted by Gasteiger charge is 2.45. The molecule has 6 aromatic carbocycles. The number of ether oxygens (including phenoxy) is 5. The van der Waals surface area contributed by atoms with Crippen LogP contribution in [0.5, 0.6) is 17.2 Å². The highest BCUT2D eigenvalue weighted by molar-refractivity contribution is 6.10. The van der Waals surface area contributed by atoms with Gasteiger partial charge < -0.3 is 38.6 Å². The van der Waals surface area contributed by atoms with Gasteiger partial charge in [-0.05, 0) is 113 Å². The minimum absolute atomic E-state index is 0.0367. The smallest absolute Gasteiger partial charge is 0.417 e. The lowest BCUT2D eigenvalue weighted by Crippen LogP contribution is -2.37. The Morgan fingerprint density at radius 3 is 2.19 bits per heavy atom. The number of piperidine rings is 1. The zero-order valence-corrected chi connectivity index (χ0v) is 39.5. The Kier molecular flexibility index (Phi) is 12.5. The molecule has 362 valence electrons. The second kappa shape index (κ2) is 18.7. The van der Waals surface area contributed by atoms with E-state index >= 15 is 0 Å². The van der Waals surface area contributed by atoms with E-state index in [1.807, 2.05) is 42.5 Å². The molecule has 0 bridgehead atoms. The van der Waals surface area contributed by atoms with Crippen molar-refractivity contribution in [3.05, 3.63) is 143 Å². The number of aliphatic carboxylic acids is 1. The molecule has 0 amide bonds. The summed E-state index contributed by atoms with van der Waals surface area (Å²) in [5.74, 6) is 0.246. The fraction of sp³-hybridized carbons (Fsp3) is 0.333. The standard InChI is InChI=1S/C57H55F3N2O8/c1-55(2)47-33-36(41-9-5-6-10-46(41)57(58,59)60)11-20-42(47)52-44-34-48(62-25-7-4-8-26-62)49(66-3)35-45(44)54-43(53(52)55)23-24-56(70-54,37-12-16-39(17-13-37)61-27-29-67-30-28-61)38-14-18-40(19-15-38)68-31-32-69-51(65)22-21-50(63)64/h5-6,9-20,23-24,33-35H,4,7-8,21-22,25-32H2,1-3H3,(H,63,64). The van der Waals surface area contributed by atoms with Gasteiger partial charge >= 0.3 is 18.1 Å². The van der Waals surface area contributed by atoms with Crippen molar-refractivity contribution in [2.24, 2.45) is 0 Å². The van der Waals surface area contributed by atoms with Crippen LogP contribution in [0.3, 0.4) is 0 Å². The number of benzene rings is 6. The summed E-state index contributed by atoms with van der Waals surface area (Å²) in [6, 6.07) is 31.9. The van der Waals surface area contributed by atoms with Gasteiger partial charge in [-0.25, -0.2) is 0 Å². The molecule has 10 rings (SSSR count). The van der Waals surface area contributed by atoms with E-state index in [9.17, 15) is 22.8 Å². The zero-order chi connectivity index (χ0) is 48.8. The van der Waals surface area contributed by atoms with Crippen LogP contribution >= 0.6 is 0 Å². The maximum atomic E-state index is 14.5. The molecule has 1 N–H and O–H groups in total. The van der Waals surface area contributed by atoms with Gasteiger partial charge in [0.15, 0.2) is 5.60 Å². The number of esters is 1. The number of hydrogen-bond acceptors (Lipinski definition) is 9. The number of carbonyl (C=O) groups excluding carboxylic acids is 1. The molecule has 2 fully saturated rings. The van der Waals surface area contributed by atoms with E-state index < -0.39 is 34.7 Å². The van der Waals surface area contributed by atoms with Crippen molar-refractivity contribution < 1.29 is 51.6 Å². The van der Waals surface area contributed by atoms with E-state index in [0.29, 0.717) is 30.3 Å². The molecule has 0 aromatic heterocycles. The Labute approximate surface area is 405 Å². The lowest BCUT2D eigenvalue weighted by atomic mass is 9.76. The Morgan fingerprint density at radius 2 is 1.49 bits per heavy atom. The lowest BCUT2D eigenvalue weighted by molar-refractivity contribution is -0.148. The van der Waals surface area contributed by atoms with Crippen LogP contribution in [0.1, 0.15) is 79.3 Å². The molecule has 0 saturated carbocycles. The first kappa shape index (κ1) is 46.7. The van der Waals surface area contributed by atoms with Gasteiger partial charge in [0.25, 0.3) is 0 Å². The van der Waals surface area contributed by atoms with Gasteiger partial charge in [-0.3, -0.25) is 9.59 Å². The maximum Gasteiger partial charge on any atom is 0.417 e. The summed E-state index contributed by atoms with van der Waals surface area (Å²) in [6.45, 7) is 8.97. The first-order valence-electron chi connectivity index (χ1n) is 24.0. The van der Waals surface area contributed by atoms with Gasteiger partial charge in [-0.1, -0.05) is 74.5 Å². The minimum Gasteiger partial charge on any atom is -0.495 e. The molecule has 1 atom stereocenters. The molecule has 3 aliphatic heterocycles. The van der Waals surface area contributed by atoms with Crippen molar-refractivity contribution >= 4 is 40.2 Å². The number of alkyl halides is 3. The summed E-state index contributed by atoms with van der Waals surface area (Å²) in [5, 5.41) is 10.7. The average Bonchev–Trinajstić information content (AvgIpc) is 3.62. The summed E-state index contributed by atoms with van der Waals surface area (Å²) in [6.07, 6.45) is 2.48. The number of carboxylic acids is 1. The van der Waals surface area contributed by atoms with Crippen molar-refractivity contribution in [3.63, 3.8) is 0 Å². The van der Waals surface area contributed by atoms with Crippen LogP contribution in [0.4, 0.5) is 24.5 Å². The summed E-state index contributed by atoms with van der Waals surface area (Å²) in [4.78, 5) is 27.6. The molecule has 4 aliphatic rings. The molecule has 1 unspecified atom stereocenters. The predicted molar refractivity (Wildman–Crippen MR) is 264 cm³/mol. The fourth-order valence-electron chi connectivity index (χ4n) is 10.8. The number of hydrogen-bond donors (Lipinski definition) is 1. The lowest BCUT2D eigenvalue weighted by Gasteiger charge is -2.39. The first-order chi connectivity index (χ1) is 33.8. The highest BCUT2D eigenvalue weighted by Crippen LogP contribution is 2.60. The second-order valence-electron chi connectivity index (χ2n) is 18.8. The quantitative estimate of drug-likeness (QED) is 0.0888. The zero-order valence-electron chi connectivity index (χ0n) is 39.5. The number of morpholine rings is 1. The van der Waals surface area contributed by atoms with E-state index in [0.717, 1.165) is 118 Å². The molecule has 1 aliphatic carbocycles. The molecule has 0 spiro atoms. The molecular formula is C57H55F3N2O8. The van der Waals surface area contributed by atoms with Crippen LogP contribution in [0.25, 0.3) is 39.1 Å². The minimum atomic E-state index is -4.53. The normalized spacial score (nSPS) is 18.1. The molecule has 70 heavy (non-hydrogen) atoms. The molecule has 10 nitrogen and oxygen atoms in total. The molecule has 0 radical (unpaired) electrons. The van der Waals surface area contributed by atoms with E-state index in [4.69, 9.17) is 28.8 Å². The topological polar surface area (TPSA) is 107 Å². The molecular weight excluding hydrogens is 898 g/mol. The molecule has 13 heteroatoms. The maximum absolute atomic E-state index is 14.5. The van der Waals surface area contributed by atoms with Crippen LogP contribution in [0.2, 0.25) is 0 Å².